The zero-order valence-corrected chi connectivity index (χ0v) is 7.63. The van der Waals surface area contributed by atoms with Crippen LogP contribution >= 0.6 is 0 Å². The van der Waals surface area contributed by atoms with E-state index in [9.17, 15) is 0 Å². The van der Waals surface area contributed by atoms with Gasteiger partial charge in [0.25, 0.3) is 0 Å². The fourth-order valence-electron chi connectivity index (χ4n) is 1.12. The second kappa shape index (κ2) is 6.18. The molecule has 0 heterocycles. The highest BCUT2D eigenvalue weighted by Gasteiger charge is 2.14. The molecule has 2 unspecified atom stereocenters. The SMILES string of the molecule is CCCC(C)C(C#N)OCC. The molecule has 0 bridgehead atoms. The molecule has 0 radical (unpaired) electrons. The van der Waals surface area contributed by atoms with E-state index in [1.165, 1.54) is 0 Å². The van der Waals surface area contributed by atoms with E-state index in [2.05, 4.69) is 19.9 Å². The van der Waals surface area contributed by atoms with Crippen LogP contribution < -0.4 is 0 Å². The molecule has 0 aromatic rings. The van der Waals surface area contributed by atoms with Crippen LogP contribution in [0.5, 0.6) is 0 Å². The van der Waals surface area contributed by atoms with Crippen LogP contribution in [-0.4, -0.2) is 12.7 Å². The van der Waals surface area contributed by atoms with Gasteiger partial charge in [0.05, 0.1) is 6.07 Å². The van der Waals surface area contributed by atoms with Crippen molar-refractivity contribution in [2.24, 2.45) is 5.92 Å². The third-order valence-corrected chi connectivity index (χ3v) is 1.73. The summed E-state index contributed by atoms with van der Waals surface area (Å²) < 4.78 is 5.24. The van der Waals surface area contributed by atoms with Gasteiger partial charge < -0.3 is 4.74 Å². The van der Waals surface area contributed by atoms with Crippen molar-refractivity contribution >= 4 is 0 Å². The lowest BCUT2D eigenvalue weighted by Crippen LogP contribution is -2.19. The zero-order valence-electron chi connectivity index (χ0n) is 7.63. The Labute approximate surface area is 69.2 Å². The quantitative estimate of drug-likeness (QED) is 0.610. The van der Waals surface area contributed by atoms with Gasteiger partial charge in [-0.2, -0.15) is 5.26 Å². The van der Waals surface area contributed by atoms with Gasteiger partial charge in [-0.25, -0.2) is 0 Å². The molecule has 64 valence electrons. The molecule has 0 fully saturated rings. The topological polar surface area (TPSA) is 33.0 Å². The molecule has 0 aliphatic carbocycles. The molecule has 2 nitrogen and oxygen atoms in total. The first-order valence-electron chi connectivity index (χ1n) is 4.27. The minimum Gasteiger partial charge on any atom is -0.363 e. The second-order valence-corrected chi connectivity index (χ2v) is 2.77. The number of rotatable bonds is 5. The van der Waals surface area contributed by atoms with Gasteiger partial charge in [0.2, 0.25) is 0 Å². The van der Waals surface area contributed by atoms with Crippen molar-refractivity contribution in [1.29, 1.82) is 5.26 Å². The Hall–Kier alpha value is -0.550. The van der Waals surface area contributed by atoms with E-state index in [0.29, 0.717) is 12.5 Å². The van der Waals surface area contributed by atoms with Crippen LogP contribution in [0.4, 0.5) is 0 Å². The van der Waals surface area contributed by atoms with E-state index in [0.717, 1.165) is 12.8 Å². The van der Waals surface area contributed by atoms with Gasteiger partial charge in [0.15, 0.2) is 0 Å². The summed E-state index contributed by atoms with van der Waals surface area (Å²) in [5, 5.41) is 8.68. The van der Waals surface area contributed by atoms with Crippen LogP contribution in [0.2, 0.25) is 0 Å². The van der Waals surface area contributed by atoms with E-state index in [4.69, 9.17) is 10.00 Å². The molecule has 0 rings (SSSR count). The fourth-order valence-corrected chi connectivity index (χ4v) is 1.12. The maximum atomic E-state index is 8.68. The molecule has 0 amide bonds. The lowest BCUT2D eigenvalue weighted by molar-refractivity contribution is 0.0614. The second-order valence-electron chi connectivity index (χ2n) is 2.77. The van der Waals surface area contributed by atoms with Gasteiger partial charge in [-0.1, -0.05) is 20.3 Å². The Kier molecular flexibility index (Phi) is 5.87. The Morgan fingerprint density at radius 1 is 1.45 bits per heavy atom. The molecular weight excluding hydrogens is 138 g/mol. The number of ether oxygens (including phenoxy) is 1. The molecule has 2 atom stereocenters. The van der Waals surface area contributed by atoms with Crippen LogP contribution in [-0.2, 0) is 4.74 Å². The zero-order chi connectivity index (χ0) is 8.69. The first kappa shape index (κ1) is 10.4. The highest BCUT2D eigenvalue weighted by Crippen LogP contribution is 2.12. The van der Waals surface area contributed by atoms with Crippen molar-refractivity contribution in [2.45, 2.75) is 39.7 Å². The average Bonchev–Trinajstić information content (AvgIpc) is 2.00. The summed E-state index contributed by atoms with van der Waals surface area (Å²) in [6.45, 7) is 6.74. The van der Waals surface area contributed by atoms with Crippen LogP contribution in [0.15, 0.2) is 0 Å². The molecule has 0 saturated carbocycles. The minimum absolute atomic E-state index is 0.208. The van der Waals surface area contributed by atoms with Gasteiger partial charge in [-0.15, -0.1) is 0 Å². The van der Waals surface area contributed by atoms with Gasteiger partial charge in [-0.05, 0) is 19.3 Å². The maximum Gasteiger partial charge on any atom is 0.146 e. The minimum atomic E-state index is -0.208. The molecule has 11 heavy (non-hydrogen) atoms. The first-order valence-corrected chi connectivity index (χ1v) is 4.27. The Morgan fingerprint density at radius 3 is 2.45 bits per heavy atom. The van der Waals surface area contributed by atoms with Crippen LogP contribution in [0, 0.1) is 17.2 Å². The molecule has 0 aliphatic heterocycles. The van der Waals surface area contributed by atoms with E-state index in [1.54, 1.807) is 0 Å². The van der Waals surface area contributed by atoms with Crippen molar-refractivity contribution in [2.75, 3.05) is 6.61 Å². The van der Waals surface area contributed by atoms with Crippen LogP contribution in [0.1, 0.15) is 33.6 Å². The van der Waals surface area contributed by atoms with Gasteiger partial charge in [0, 0.05) is 6.61 Å². The standard InChI is InChI=1S/C9H17NO/c1-4-6-8(3)9(7-10)11-5-2/h8-9H,4-6H2,1-3H3. The van der Waals surface area contributed by atoms with Crippen molar-refractivity contribution in [3.8, 4) is 6.07 Å². The van der Waals surface area contributed by atoms with E-state index < -0.39 is 0 Å². The summed E-state index contributed by atoms with van der Waals surface area (Å²) in [7, 11) is 0. The normalized spacial score (nSPS) is 15.5. The molecule has 0 N–H and O–H groups in total. The third-order valence-electron chi connectivity index (χ3n) is 1.73. The van der Waals surface area contributed by atoms with Gasteiger partial charge in [0.1, 0.15) is 6.10 Å². The summed E-state index contributed by atoms with van der Waals surface area (Å²) in [5.41, 5.74) is 0. The summed E-state index contributed by atoms with van der Waals surface area (Å²) in [6.07, 6.45) is 1.98. The first-order chi connectivity index (χ1) is 5.26. The smallest absolute Gasteiger partial charge is 0.146 e. The van der Waals surface area contributed by atoms with Crippen molar-refractivity contribution in [3.05, 3.63) is 0 Å². The molecule has 0 aromatic carbocycles. The predicted octanol–water partition coefficient (Wildman–Crippen LogP) is 2.35. The molecule has 0 spiro atoms. The molecular formula is C9H17NO. The number of nitriles is 1. The van der Waals surface area contributed by atoms with Gasteiger partial charge in [-0.3, -0.25) is 0 Å². The van der Waals surface area contributed by atoms with E-state index in [1.807, 2.05) is 6.92 Å². The number of hydrogen-bond donors (Lipinski definition) is 0. The Bertz CT molecular complexity index is 128. The van der Waals surface area contributed by atoms with E-state index in [-0.39, 0.29) is 6.10 Å². The maximum absolute atomic E-state index is 8.68. The summed E-state index contributed by atoms with van der Waals surface area (Å²) in [4.78, 5) is 0. The lowest BCUT2D eigenvalue weighted by atomic mass is 10.0. The van der Waals surface area contributed by atoms with Crippen molar-refractivity contribution < 1.29 is 4.74 Å². The Morgan fingerprint density at radius 2 is 2.09 bits per heavy atom. The highest BCUT2D eigenvalue weighted by atomic mass is 16.5. The number of hydrogen-bond acceptors (Lipinski definition) is 2. The molecule has 0 saturated heterocycles. The third kappa shape index (κ3) is 4.00. The fraction of sp³-hybridized carbons (Fsp3) is 0.889. The van der Waals surface area contributed by atoms with Crippen LogP contribution in [0.25, 0.3) is 0 Å². The van der Waals surface area contributed by atoms with Crippen LogP contribution in [0.3, 0.4) is 0 Å². The van der Waals surface area contributed by atoms with Crippen molar-refractivity contribution in [1.82, 2.24) is 0 Å². The lowest BCUT2D eigenvalue weighted by Gasteiger charge is -2.15. The summed E-state index contributed by atoms with van der Waals surface area (Å²) in [6, 6.07) is 2.17. The average molecular weight is 155 g/mol. The highest BCUT2D eigenvalue weighted by molar-refractivity contribution is 4.87. The Balaban J connectivity index is 3.73. The van der Waals surface area contributed by atoms with Gasteiger partial charge >= 0.3 is 0 Å². The molecule has 0 aromatic heterocycles. The van der Waals surface area contributed by atoms with E-state index >= 15 is 0 Å². The van der Waals surface area contributed by atoms with Crippen molar-refractivity contribution in [3.63, 3.8) is 0 Å². The monoisotopic (exact) mass is 155 g/mol. The predicted molar refractivity (Wildman–Crippen MR) is 45.1 cm³/mol. The largest absolute Gasteiger partial charge is 0.363 e. The summed E-state index contributed by atoms with van der Waals surface area (Å²) >= 11 is 0. The molecule has 0 aliphatic rings. The molecule has 2 heteroatoms. The summed E-state index contributed by atoms with van der Waals surface area (Å²) in [5.74, 6) is 0.366. The number of nitrogens with zero attached hydrogens (tertiary/aromatic N) is 1.